The van der Waals surface area contributed by atoms with Gasteiger partial charge in [0.1, 0.15) is 11.8 Å². The third-order valence-electron chi connectivity index (χ3n) is 4.12. The number of nitriles is 1. The second-order valence-electron chi connectivity index (χ2n) is 6.24. The van der Waals surface area contributed by atoms with Crippen LogP contribution in [0.1, 0.15) is 32.4 Å². The van der Waals surface area contributed by atoms with Crippen LogP contribution in [0.4, 0.5) is 0 Å². The summed E-state index contributed by atoms with van der Waals surface area (Å²) in [6.07, 6.45) is 1.47. The van der Waals surface area contributed by atoms with Gasteiger partial charge in [0.25, 0.3) is 5.56 Å². The molecular formula is C20H21ClN2O4. The first-order valence-electron chi connectivity index (χ1n) is 8.50. The van der Waals surface area contributed by atoms with Crippen LogP contribution < -0.4 is 10.3 Å². The summed E-state index contributed by atoms with van der Waals surface area (Å²) < 4.78 is 11.9. The Balaban J connectivity index is 2.69. The summed E-state index contributed by atoms with van der Waals surface area (Å²) in [5.41, 5.74) is 0.884. The lowest BCUT2D eigenvalue weighted by molar-refractivity contribution is -0.148. The number of carbonyl (C=O) groups excluding carboxylic acids is 1. The van der Waals surface area contributed by atoms with Crippen LogP contribution in [-0.4, -0.2) is 24.3 Å². The molecule has 2 aromatic rings. The quantitative estimate of drug-likeness (QED) is 0.703. The highest BCUT2D eigenvalue weighted by molar-refractivity contribution is 6.31. The van der Waals surface area contributed by atoms with Gasteiger partial charge < -0.3 is 9.47 Å². The molecule has 0 aliphatic heterocycles. The molecule has 7 heteroatoms. The Labute approximate surface area is 162 Å². The Morgan fingerprint density at radius 1 is 1.30 bits per heavy atom. The van der Waals surface area contributed by atoms with Gasteiger partial charge in [-0.3, -0.25) is 9.36 Å². The Kier molecular flexibility index (Phi) is 6.65. The number of pyridine rings is 1. The minimum absolute atomic E-state index is 0.168. The van der Waals surface area contributed by atoms with Gasteiger partial charge in [0.05, 0.1) is 31.5 Å². The van der Waals surface area contributed by atoms with Gasteiger partial charge in [-0.2, -0.15) is 5.26 Å². The monoisotopic (exact) mass is 388 g/mol. The molecule has 142 valence electrons. The Bertz CT molecular complexity index is 944. The molecule has 1 unspecified atom stereocenters. The molecule has 27 heavy (non-hydrogen) atoms. The van der Waals surface area contributed by atoms with Gasteiger partial charge in [-0.25, -0.2) is 4.79 Å². The summed E-state index contributed by atoms with van der Waals surface area (Å²) in [6, 6.07) is 7.44. The molecule has 0 aliphatic rings. The van der Waals surface area contributed by atoms with Gasteiger partial charge in [-0.1, -0.05) is 25.4 Å². The lowest BCUT2D eigenvalue weighted by Crippen LogP contribution is -2.34. The maximum Gasteiger partial charge on any atom is 0.329 e. The van der Waals surface area contributed by atoms with E-state index in [4.69, 9.17) is 21.1 Å². The topological polar surface area (TPSA) is 81.3 Å². The summed E-state index contributed by atoms with van der Waals surface area (Å²) in [5.74, 6) is -0.300. The largest absolute Gasteiger partial charge is 0.495 e. The highest BCUT2D eigenvalue weighted by Gasteiger charge is 2.27. The maximum atomic E-state index is 12.8. The van der Waals surface area contributed by atoms with E-state index in [0.717, 1.165) is 0 Å². The van der Waals surface area contributed by atoms with Crippen molar-refractivity contribution in [3.8, 4) is 22.9 Å². The van der Waals surface area contributed by atoms with Crippen molar-refractivity contribution in [2.24, 2.45) is 5.92 Å². The number of carbonyl (C=O) groups is 1. The van der Waals surface area contributed by atoms with Crippen molar-refractivity contribution in [1.29, 1.82) is 5.26 Å². The van der Waals surface area contributed by atoms with Crippen molar-refractivity contribution in [1.82, 2.24) is 4.57 Å². The molecule has 6 nitrogen and oxygen atoms in total. The number of hydrogen-bond acceptors (Lipinski definition) is 5. The van der Waals surface area contributed by atoms with Crippen molar-refractivity contribution in [2.45, 2.75) is 26.8 Å². The fourth-order valence-corrected chi connectivity index (χ4v) is 3.06. The van der Waals surface area contributed by atoms with Crippen LogP contribution in [0.25, 0.3) is 11.1 Å². The lowest BCUT2D eigenvalue weighted by atomic mass is 9.99. The van der Waals surface area contributed by atoms with Crippen molar-refractivity contribution >= 4 is 17.6 Å². The predicted molar refractivity (Wildman–Crippen MR) is 103 cm³/mol. The first-order valence-corrected chi connectivity index (χ1v) is 8.88. The maximum absolute atomic E-state index is 12.8. The van der Waals surface area contributed by atoms with Crippen molar-refractivity contribution in [3.63, 3.8) is 0 Å². The number of nitrogens with zero attached hydrogens (tertiary/aromatic N) is 2. The number of hydrogen-bond donors (Lipinski definition) is 0. The number of esters is 1. The summed E-state index contributed by atoms with van der Waals surface area (Å²) >= 11 is 6.06. The minimum Gasteiger partial charge on any atom is -0.495 e. The van der Waals surface area contributed by atoms with Crippen LogP contribution in [0.2, 0.25) is 5.02 Å². The van der Waals surface area contributed by atoms with Gasteiger partial charge in [-0.15, -0.1) is 0 Å². The van der Waals surface area contributed by atoms with E-state index >= 15 is 0 Å². The van der Waals surface area contributed by atoms with E-state index in [1.165, 1.54) is 23.9 Å². The fraction of sp³-hybridized carbons (Fsp3) is 0.350. The zero-order chi connectivity index (χ0) is 20.1. The molecule has 1 aromatic heterocycles. The average molecular weight is 389 g/mol. The standard InChI is InChI=1S/C20H21ClN2O4/c1-5-27-20(25)19(12(2)3)23-11-17(26-4)16(9-18(23)24)15-8-14(21)7-6-13(15)10-22/h6-9,11-12,19H,5H2,1-4H3. The van der Waals surface area contributed by atoms with Crippen LogP contribution in [0.3, 0.4) is 0 Å². The molecule has 0 bridgehead atoms. The van der Waals surface area contributed by atoms with E-state index in [0.29, 0.717) is 27.5 Å². The molecule has 0 amide bonds. The van der Waals surface area contributed by atoms with E-state index < -0.39 is 17.6 Å². The second kappa shape index (κ2) is 8.74. The highest BCUT2D eigenvalue weighted by atomic mass is 35.5. The molecule has 2 rings (SSSR count). The van der Waals surface area contributed by atoms with E-state index in [2.05, 4.69) is 6.07 Å². The number of rotatable bonds is 6. The van der Waals surface area contributed by atoms with Crippen LogP contribution >= 0.6 is 11.6 Å². The van der Waals surface area contributed by atoms with Gasteiger partial charge in [0.15, 0.2) is 0 Å². The Hall–Kier alpha value is -2.78. The first kappa shape index (κ1) is 20.5. The Morgan fingerprint density at radius 2 is 2.00 bits per heavy atom. The van der Waals surface area contributed by atoms with Gasteiger partial charge in [0, 0.05) is 22.2 Å². The van der Waals surface area contributed by atoms with Crippen molar-refractivity contribution < 1.29 is 14.3 Å². The van der Waals surface area contributed by atoms with Crippen LogP contribution in [0.15, 0.2) is 35.3 Å². The Morgan fingerprint density at radius 3 is 2.56 bits per heavy atom. The van der Waals surface area contributed by atoms with E-state index in [1.54, 1.807) is 25.1 Å². The number of methoxy groups -OCH3 is 1. The van der Waals surface area contributed by atoms with E-state index in [1.807, 2.05) is 13.8 Å². The van der Waals surface area contributed by atoms with E-state index in [9.17, 15) is 14.9 Å². The molecule has 1 aromatic carbocycles. The summed E-state index contributed by atoms with van der Waals surface area (Å²) in [6.45, 7) is 5.60. The SMILES string of the molecule is CCOC(=O)C(C(C)C)n1cc(OC)c(-c2cc(Cl)ccc2C#N)cc1=O. The normalized spacial score (nSPS) is 11.7. The zero-order valence-electron chi connectivity index (χ0n) is 15.7. The fourth-order valence-electron chi connectivity index (χ4n) is 2.89. The van der Waals surface area contributed by atoms with Crippen LogP contribution in [0.5, 0.6) is 5.75 Å². The lowest BCUT2D eigenvalue weighted by Gasteiger charge is -2.23. The number of halogens is 1. The third-order valence-corrected chi connectivity index (χ3v) is 4.35. The second-order valence-corrected chi connectivity index (χ2v) is 6.68. The molecule has 0 radical (unpaired) electrons. The zero-order valence-corrected chi connectivity index (χ0v) is 16.4. The molecule has 0 N–H and O–H groups in total. The molecule has 1 atom stereocenters. The minimum atomic E-state index is -0.782. The first-order chi connectivity index (χ1) is 12.8. The van der Waals surface area contributed by atoms with Crippen LogP contribution in [-0.2, 0) is 9.53 Å². The average Bonchev–Trinajstić information content (AvgIpc) is 2.62. The molecule has 0 spiro atoms. The van der Waals surface area contributed by atoms with Crippen molar-refractivity contribution in [3.05, 3.63) is 51.4 Å². The van der Waals surface area contributed by atoms with Gasteiger partial charge in [0.2, 0.25) is 0 Å². The summed E-state index contributed by atoms with van der Waals surface area (Å²) in [7, 11) is 1.46. The smallest absolute Gasteiger partial charge is 0.329 e. The molecule has 0 saturated heterocycles. The number of benzene rings is 1. The molecule has 0 saturated carbocycles. The highest BCUT2D eigenvalue weighted by Crippen LogP contribution is 2.33. The third kappa shape index (κ3) is 4.32. The number of aromatic nitrogens is 1. The van der Waals surface area contributed by atoms with Crippen molar-refractivity contribution in [2.75, 3.05) is 13.7 Å². The van der Waals surface area contributed by atoms with E-state index in [-0.39, 0.29) is 12.5 Å². The molecule has 0 fully saturated rings. The molecule has 1 heterocycles. The molecular weight excluding hydrogens is 368 g/mol. The predicted octanol–water partition coefficient (Wildman–Crippen LogP) is 3.81. The number of ether oxygens (including phenoxy) is 2. The van der Waals surface area contributed by atoms with Gasteiger partial charge in [-0.05, 0) is 31.0 Å². The van der Waals surface area contributed by atoms with Crippen LogP contribution in [0, 0.1) is 17.2 Å². The summed E-state index contributed by atoms with van der Waals surface area (Å²) in [5, 5.41) is 9.80. The summed E-state index contributed by atoms with van der Waals surface area (Å²) in [4.78, 5) is 25.2. The molecule has 0 aliphatic carbocycles. The van der Waals surface area contributed by atoms with Gasteiger partial charge >= 0.3 is 5.97 Å².